The van der Waals surface area contributed by atoms with E-state index in [4.69, 9.17) is 0 Å². The number of aromatic hydroxyl groups is 2. The van der Waals surface area contributed by atoms with Crippen LogP contribution in [0.2, 0.25) is 0 Å². The van der Waals surface area contributed by atoms with Crippen LogP contribution in [0.4, 0.5) is 0 Å². The molecule has 0 amide bonds. The second-order valence-electron chi connectivity index (χ2n) is 7.55. The quantitative estimate of drug-likeness (QED) is 0.229. The SMILES string of the molecule is CCCCCCC/C=C\C/C=C\CCCCCCCc1cc(O)cc(O)c1. The molecule has 1 rings (SSSR count). The Labute approximate surface area is 167 Å². The smallest absolute Gasteiger partial charge is 0.119 e. The third kappa shape index (κ3) is 14.1. The molecule has 0 unspecified atom stereocenters. The van der Waals surface area contributed by atoms with Gasteiger partial charge in [-0.25, -0.2) is 0 Å². The summed E-state index contributed by atoms with van der Waals surface area (Å²) in [6, 6.07) is 4.86. The van der Waals surface area contributed by atoms with E-state index in [9.17, 15) is 10.2 Å². The van der Waals surface area contributed by atoms with Gasteiger partial charge in [-0.3, -0.25) is 0 Å². The monoisotopic (exact) mass is 372 g/mol. The Bertz CT molecular complexity index is 511. The topological polar surface area (TPSA) is 40.5 Å². The fraction of sp³-hybridized carbons (Fsp3) is 0.600. The highest BCUT2D eigenvalue weighted by Crippen LogP contribution is 2.22. The molecular weight excluding hydrogens is 332 g/mol. The highest BCUT2D eigenvalue weighted by molar-refractivity contribution is 5.36. The van der Waals surface area contributed by atoms with Crippen molar-refractivity contribution in [1.29, 1.82) is 0 Å². The molecule has 0 saturated carbocycles. The van der Waals surface area contributed by atoms with E-state index >= 15 is 0 Å². The van der Waals surface area contributed by atoms with Gasteiger partial charge in [-0.05, 0) is 62.6 Å². The Balaban J connectivity index is 1.88. The third-order valence-electron chi connectivity index (χ3n) is 4.88. The zero-order chi connectivity index (χ0) is 19.6. The van der Waals surface area contributed by atoms with Gasteiger partial charge in [-0.2, -0.15) is 0 Å². The average molecular weight is 373 g/mol. The largest absolute Gasteiger partial charge is 0.508 e. The van der Waals surface area contributed by atoms with Crippen molar-refractivity contribution in [2.24, 2.45) is 0 Å². The Morgan fingerprint density at radius 3 is 1.74 bits per heavy atom. The second kappa shape index (κ2) is 16.5. The van der Waals surface area contributed by atoms with Crippen LogP contribution in [0.5, 0.6) is 11.5 Å². The van der Waals surface area contributed by atoms with Crippen molar-refractivity contribution >= 4 is 0 Å². The first-order valence-electron chi connectivity index (χ1n) is 11.0. The summed E-state index contributed by atoms with van der Waals surface area (Å²) in [7, 11) is 0. The minimum absolute atomic E-state index is 0.151. The molecule has 0 saturated heterocycles. The fourth-order valence-corrected chi connectivity index (χ4v) is 3.29. The Morgan fingerprint density at radius 2 is 1.15 bits per heavy atom. The summed E-state index contributed by atoms with van der Waals surface area (Å²) in [5.41, 5.74) is 1.02. The summed E-state index contributed by atoms with van der Waals surface area (Å²) < 4.78 is 0. The average Bonchev–Trinajstić information content (AvgIpc) is 2.63. The molecule has 2 heteroatoms. The molecular formula is C25H40O2. The van der Waals surface area contributed by atoms with Crippen LogP contribution in [0.3, 0.4) is 0 Å². The molecule has 0 spiro atoms. The number of unbranched alkanes of at least 4 members (excludes halogenated alkanes) is 10. The van der Waals surface area contributed by atoms with Crippen molar-refractivity contribution in [1.82, 2.24) is 0 Å². The lowest BCUT2D eigenvalue weighted by Gasteiger charge is -2.04. The minimum Gasteiger partial charge on any atom is -0.508 e. The van der Waals surface area contributed by atoms with Gasteiger partial charge in [0, 0.05) is 6.07 Å². The van der Waals surface area contributed by atoms with Crippen molar-refractivity contribution in [2.45, 2.75) is 96.8 Å². The molecule has 2 nitrogen and oxygen atoms in total. The number of allylic oxidation sites excluding steroid dienone is 4. The van der Waals surface area contributed by atoms with E-state index in [0.29, 0.717) is 0 Å². The maximum Gasteiger partial charge on any atom is 0.119 e. The highest BCUT2D eigenvalue weighted by Gasteiger charge is 1.99. The van der Waals surface area contributed by atoms with Crippen LogP contribution < -0.4 is 0 Å². The molecule has 0 heterocycles. The van der Waals surface area contributed by atoms with Crippen molar-refractivity contribution in [3.63, 3.8) is 0 Å². The molecule has 2 N–H and O–H groups in total. The van der Waals surface area contributed by atoms with Crippen LogP contribution in [0.1, 0.15) is 96.0 Å². The predicted octanol–water partition coefficient (Wildman–Crippen LogP) is 7.84. The van der Waals surface area contributed by atoms with Gasteiger partial charge in [-0.15, -0.1) is 0 Å². The van der Waals surface area contributed by atoms with Gasteiger partial charge in [0.1, 0.15) is 11.5 Å². The molecule has 0 aromatic heterocycles. The molecule has 27 heavy (non-hydrogen) atoms. The van der Waals surface area contributed by atoms with E-state index < -0.39 is 0 Å². The number of phenols is 2. The summed E-state index contributed by atoms with van der Waals surface area (Å²) in [5, 5.41) is 18.9. The van der Waals surface area contributed by atoms with E-state index in [1.165, 1.54) is 76.7 Å². The molecule has 152 valence electrons. The molecule has 1 aromatic rings. The van der Waals surface area contributed by atoms with Crippen LogP contribution in [0.25, 0.3) is 0 Å². The molecule has 0 aliphatic rings. The normalized spacial score (nSPS) is 11.7. The Kier molecular flexibility index (Phi) is 14.2. The lowest BCUT2D eigenvalue weighted by Crippen LogP contribution is -1.86. The minimum atomic E-state index is 0.151. The summed E-state index contributed by atoms with van der Waals surface area (Å²) in [4.78, 5) is 0. The summed E-state index contributed by atoms with van der Waals surface area (Å²) in [6.07, 6.45) is 26.6. The first kappa shape index (κ1) is 23.3. The van der Waals surface area contributed by atoms with Crippen molar-refractivity contribution in [3.8, 4) is 11.5 Å². The van der Waals surface area contributed by atoms with Gasteiger partial charge in [0.15, 0.2) is 0 Å². The molecule has 0 aliphatic carbocycles. The van der Waals surface area contributed by atoms with Gasteiger partial charge in [0.2, 0.25) is 0 Å². The number of hydrogen-bond acceptors (Lipinski definition) is 2. The maximum atomic E-state index is 9.47. The number of aryl methyl sites for hydroxylation is 1. The predicted molar refractivity (Wildman–Crippen MR) is 117 cm³/mol. The number of phenolic OH excluding ortho intramolecular Hbond substituents is 2. The number of benzene rings is 1. The Hall–Kier alpha value is -1.70. The zero-order valence-corrected chi connectivity index (χ0v) is 17.3. The lowest BCUT2D eigenvalue weighted by atomic mass is 10.0. The van der Waals surface area contributed by atoms with Crippen molar-refractivity contribution < 1.29 is 10.2 Å². The van der Waals surface area contributed by atoms with E-state index in [1.54, 1.807) is 12.1 Å². The standard InChI is InChI=1S/C25H40O2/c1-2-3-4-5-6-7-8-9-10-11-12-13-14-15-16-17-18-19-23-20-24(26)22-25(27)21-23/h8-9,11-12,20-22,26-27H,2-7,10,13-19H2,1H3/b9-8-,12-11-. The number of hydrogen-bond donors (Lipinski definition) is 2. The summed E-state index contributed by atoms with van der Waals surface area (Å²) in [5.74, 6) is 0.303. The van der Waals surface area contributed by atoms with Crippen LogP contribution in [0.15, 0.2) is 42.5 Å². The van der Waals surface area contributed by atoms with Gasteiger partial charge in [0.05, 0.1) is 0 Å². The first-order valence-corrected chi connectivity index (χ1v) is 11.0. The van der Waals surface area contributed by atoms with Crippen LogP contribution in [-0.2, 0) is 6.42 Å². The van der Waals surface area contributed by atoms with Gasteiger partial charge in [-0.1, -0.05) is 76.2 Å². The van der Waals surface area contributed by atoms with Crippen molar-refractivity contribution in [2.75, 3.05) is 0 Å². The highest BCUT2D eigenvalue weighted by atomic mass is 16.3. The lowest BCUT2D eigenvalue weighted by molar-refractivity contribution is 0.449. The van der Waals surface area contributed by atoms with Crippen LogP contribution in [0, 0.1) is 0 Å². The van der Waals surface area contributed by atoms with Gasteiger partial charge >= 0.3 is 0 Å². The van der Waals surface area contributed by atoms with Crippen LogP contribution in [-0.4, -0.2) is 10.2 Å². The molecule has 0 fully saturated rings. The molecule has 0 atom stereocenters. The zero-order valence-electron chi connectivity index (χ0n) is 17.3. The Morgan fingerprint density at radius 1 is 0.630 bits per heavy atom. The van der Waals surface area contributed by atoms with E-state index in [1.807, 2.05) is 0 Å². The molecule has 0 radical (unpaired) electrons. The first-order chi connectivity index (χ1) is 13.2. The van der Waals surface area contributed by atoms with E-state index in [0.717, 1.165) is 24.8 Å². The molecule has 0 bridgehead atoms. The van der Waals surface area contributed by atoms with Crippen LogP contribution >= 0.6 is 0 Å². The molecule has 0 aliphatic heterocycles. The fourth-order valence-electron chi connectivity index (χ4n) is 3.29. The number of rotatable bonds is 16. The van der Waals surface area contributed by atoms with E-state index in [2.05, 4.69) is 31.2 Å². The third-order valence-corrected chi connectivity index (χ3v) is 4.88. The summed E-state index contributed by atoms with van der Waals surface area (Å²) in [6.45, 7) is 2.26. The van der Waals surface area contributed by atoms with Crippen molar-refractivity contribution in [3.05, 3.63) is 48.1 Å². The van der Waals surface area contributed by atoms with Gasteiger partial charge in [0.25, 0.3) is 0 Å². The molecule has 1 aromatic carbocycles. The second-order valence-corrected chi connectivity index (χ2v) is 7.55. The van der Waals surface area contributed by atoms with Gasteiger partial charge < -0.3 is 10.2 Å². The maximum absolute atomic E-state index is 9.47. The summed E-state index contributed by atoms with van der Waals surface area (Å²) >= 11 is 0. The van der Waals surface area contributed by atoms with E-state index in [-0.39, 0.29) is 11.5 Å².